The van der Waals surface area contributed by atoms with Crippen molar-refractivity contribution in [3.8, 4) is 28.4 Å². The molecule has 0 N–H and O–H groups in total. The fraction of sp³-hybridized carbons (Fsp3) is 0.269. The van der Waals surface area contributed by atoms with Crippen LogP contribution in [-0.2, 0) is 31.9 Å². The molecule has 6 heteroatoms. The molecule has 0 radical (unpaired) electrons. The molecule has 3 heterocycles. The van der Waals surface area contributed by atoms with Gasteiger partial charge in [-0.3, -0.25) is 0 Å². The van der Waals surface area contributed by atoms with Gasteiger partial charge in [-0.05, 0) is 98.6 Å². The molecule has 0 aliphatic carbocycles. The average Bonchev–Trinajstić information content (AvgIpc) is 3.80. The van der Waals surface area contributed by atoms with Crippen LogP contribution in [-0.4, -0.2) is 9.55 Å². The first kappa shape index (κ1) is 41.1. The molecule has 5 nitrogen and oxygen atoms in total. The number of aromatic nitrogens is 2. The number of rotatable bonds is 8. The van der Waals surface area contributed by atoms with Crippen LogP contribution < -0.4 is 14.5 Å². The molecular weight excluding hydrogens is 892 g/mol. The van der Waals surface area contributed by atoms with Crippen molar-refractivity contribution in [2.45, 2.75) is 91.9 Å². The van der Waals surface area contributed by atoms with Gasteiger partial charge in [0.05, 0.1) is 0 Å². The Labute approximate surface area is 359 Å². The van der Waals surface area contributed by atoms with Crippen LogP contribution in [0, 0.1) is 18.8 Å². The average molecular weight is 945 g/mol. The van der Waals surface area contributed by atoms with E-state index >= 15 is 0 Å². The van der Waals surface area contributed by atoms with E-state index in [2.05, 4.69) is 212 Å². The predicted molar refractivity (Wildman–Crippen MR) is 239 cm³/mol. The zero-order valence-electron chi connectivity index (χ0n) is 35.3. The van der Waals surface area contributed by atoms with E-state index in [-0.39, 0.29) is 31.9 Å². The predicted octanol–water partition coefficient (Wildman–Crippen LogP) is 14.0. The molecule has 0 saturated heterocycles. The summed E-state index contributed by atoms with van der Waals surface area (Å²) in [5.74, 6) is 3.00. The Morgan fingerprint density at radius 2 is 1.31 bits per heavy atom. The number of fused-ring (bicyclic) bond motifs is 3. The van der Waals surface area contributed by atoms with Gasteiger partial charge in [0.1, 0.15) is 5.82 Å². The maximum atomic E-state index is 6.68. The molecular formula is C52H53N4OPt-3. The molecule has 0 amide bonds. The number of para-hydroxylation sites is 1. The van der Waals surface area contributed by atoms with E-state index in [1.807, 2.05) is 12.3 Å². The van der Waals surface area contributed by atoms with Gasteiger partial charge in [0.25, 0.3) is 0 Å². The van der Waals surface area contributed by atoms with Crippen LogP contribution in [0.3, 0.4) is 0 Å². The summed E-state index contributed by atoms with van der Waals surface area (Å²) in [4.78, 5) is 9.11. The quantitative estimate of drug-likeness (QED) is 0.142. The summed E-state index contributed by atoms with van der Waals surface area (Å²) >= 11 is 0. The molecule has 2 aromatic heterocycles. The van der Waals surface area contributed by atoms with Crippen molar-refractivity contribution in [2.75, 3.05) is 9.80 Å². The SMILES string of the molecule is CC(C)c1cccc(C(C)C)c1-c1ccc(N2C=CN(c3[c-]c(Oc4[c-]c5c(cc4)c4ccccc4n5-c4cc(C(C)(C)C)ccn4)cc(C(C)(C)C)c3)[CH-]2)cc1.[Pt]. The molecule has 1 aliphatic rings. The molecule has 0 spiro atoms. The summed E-state index contributed by atoms with van der Waals surface area (Å²) < 4.78 is 8.88. The van der Waals surface area contributed by atoms with Crippen LogP contribution in [0.2, 0.25) is 0 Å². The van der Waals surface area contributed by atoms with E-state index < -0.39 is 0 Å². The number of ether oxygens (including phenoxy) is 1. The summed E-state index contributed by atoms with van der Waals surface area (Å²) in [5.41, 5.74) is 11.6. The second kappa shape index (κ2) is 15.9. The number of hydrogen-bond acceptors (Lipinski definition) is 4. The number of benzene rings is 5. The zero-order valence-corrected chi connectivity index (χ0v) is 37.6. The van der Waals surface area contributed by atoms with Gasteiger partial charge in [-0.25, -0.2) is 4.98 Å². The minimum absolute atomic E-state index is 0. The van der Waals surface area contributed by atoms with Crippen LogP contribution in [0.4, 0.5) is 11.4 Å². The van der Waals surface area contributed by atoms with E-state index in [1.54, 1.807) is 0 Å². The molecule has 1 aliphatic heterocycles. The molecule has 7 aromatic rings. The maximum absolute atomic E-state index is 6.68. The van der Waals surface area contributed by atoms with E-state index in [9.17, 15) is 0 Å². The molecule has 0 saturated carbocycles. The Hall–Kier alpha value is -5.12. The van der Waals surface area contributed by atoms with E-state index in [1.165, 1.54) is 27.8 Å². The molecule has 0 atom stereocenters. The number of nitrogens with zero attached hydrogens (tertiary/aromatic N) is 4. The van der Waals surface area contributed by atoms with Gasteiger partial charge in [0, 0.05) is 50.0 Å². The van der Waals surface area contributed by atoms with Crippen molar-refractivity contribution >= 4 is 33.2 Å². The molecule has 0 fully saturated rings. The summed E-state index contributed by atoms with van der Waals surface area (Å²) in [6.45, 7) is 24.6. The largest absolute Gasteiger partial charge is 0.509 e. The van der Waals surface area contributed by atoms with Gasteiger partial charge < -0.3 is 19.1 Å². The number of anilines is 2. The van der Waals surface area contributed by atoms with Crippen LogP contribution in [0.1, 0.15) is 103 Å². The first-order chi connectivity index (χ1) is 27.2. The smallest absolute Gasteiger partial charge is 0.135 e. The summed E-state index contributed by atoms with van der Waals surface area (Å²) in [5, 5.41) is 2.25. The third kappa shape index (κ3) is 7.99. The van der Waals surface area contributed by atoms with Gasteiger partial charge >= 0.3 is 0 Å². The minimum atomic E-state index is -0.119. The molecule has 58 heavy (non-hydrogen) atoms. The van der Waals surface area contributed by atoms with Crippen molar-refractivity contribution in [2.24, 2.45) is 0 Å². The fourth-order valence-electron chi connectivity index (χ4n) is 7.79. The number of pyridine rings is 1. The van der Waals surface area contributed by atoms with E-state index in [0.29, 0.717) is 23.3 Å². The number of hydrogen-bond donors (Lipinski definition) is 0. The third-order valence-corrected chi connectivity index (χ3v) is 11.1. The molecule has 5 aromatic carbocycles. The summed E-state index contributed by atoms with van der Waals surface area (Å²) in [6, 6.07) is 44.1. The molecule has 300 valence electrons. The van der Waals surface area contributed by atoms with Crippen molar-refractivity contribution in [3.05, 3.63) is 163 Å². The maximum Gasteiger partial charge on any atom is 0.135 e. The second-order valence-corrected chi connectivity index (χ2v) is 18.0. The Morgan fingerprint density at radius 1 is 0.638 bits per heavy atom. The van der Waals surface area contributed by atoms with Crippen LogP contribution in [0.25, 0.3) is 38.8 Å². The van der Waals surface area contributed by atoms with Gasteiger partial charge in [0.15, 0.2) is 0 Å². The summed E-state index contributed by atoms with van der Waals surface area (Å²) in [7, 11) is 0. The van der Waals surface area contributed by atoms with Crippen molar-refractivity contribution in [1.29, 1.82) is 0 Å². The Kier molecular flexibility index (Phi) is 11.3. The van der Waals surface area contributed by atoms with Gasteiger partial charge in [0.2, 0.25) is 0 Å². The molecule has 0 unspecified atom stereocenters. The van der Waals surface area contributed by atoms with E-state index in [0.717, 1.165) is 44.6 Å². The normalized spacial score (nSPS) is 13.3. The first-order valence-electron chi connectivity index (χ1n) is 20.2. The monoisotopic (exact) mass is 944 g/mol. The van der Waals surface area contributed by atoms with Crippen LogP contribution >= 0.6 is 0 Å². The summed E-state index contributed by atoms with van der Waals surface area (Å²) in [6.07, 6.45) is 6.08. The minimum Gasteiger partial charge on any atom is -0.509 e. The van der Waals surface area contributed by atoms with Crippen molar-refractivity contribution < 1.29 is 25.8 Å². The Morgan fingerprint density at radius 3 is 1.98 bits per heavy atom. The zero-order chi connectivity index (χ0) is 40.2. The standard InChI is InChI=1S/C52H53N4O.Pt/c1-34(2)43-15-13-16-44(35(3)4)50(43)36-18-20-39(21-19-36)54-26-27-55(33-54)40-28-38(52(8,9)10)29-42(31-40)57-41-22-23-46-45-14-11-12-17-47(45)56(48(46)32-41)49-30-37(24-25-53-49)51(5,6)7;/h11-30,33-35H,1-10H3;/q-3;. The van der Waals surface area contributed by atoms with E-state index in [4.69, 9.17) is 9.72 Å². The second-order valence-electron chi connectivity index (χ2n) is 18.0. The molecule has 0 bridgehead atoms. The van der Waals surface area contributed by atoms with Crippen molar-refractivity contribution in [3.63, 3.8) is 0 Å². The Balaban J connectivity index is 0.00000512. The Bertz CT molecular complexity index is 2590. The topological polar surface area (TPSA) is 33.5 Å². The van der Waals surface area contributed by atoms with Crippen molar-refractivity contribution in [1.82, 2.24) is 9.55 Å². The van der Waals surface area contributed by atoms with Crippen LogP contribution in [0.15, 0.2) is 122 Å². The van der Waals surface area contributed by atoms with Crippen LogP contribution in [0.5, 0.6) is 11.5 Å². The molecule has 8 rings (SSSR count). The third-order valence-electron chi connectivity index (χ3n) is 11.1. The van der Waals surface area contributed by atoms with Gasteiger partial charge in [-0.1, -0.05) is 123 Å². The first-order valence-corrected chi connectivity index (χ1v) is 20.2. The van der Waals surface area contributed by atoms with Gasteiger partial charge in [-0.15, -0.1) is 53.6 Å². The van der Waals surface area contributed by atoms with Gasteiger partial charge in [-0.2, -0.15) is 6.07 Å². The fourth-order valence-corrected chi connectivity index (χ4v) is 7.79.